The molecule has 4 nitrogen and oxygen atoms in total. The van der Waals surface area contributed by atoms with E-state index in [0.717, 1.165) is 28.0 Å². The van der Waals surface area contributed by atoms with Crippen LogP contribution in [-0.4, -0.2) is 12.1 Å². The summed E-state index contributed by atoms with van der Waals surface area (Å²) in [5, 5.41) is 6.89. The molecule has 0 unspecified atom stereocenters. The molecule has 23 heavy (non-hydrogen) atoms. The minimum Gasteiger partial charge on any atom is -0.461 e. The highest BCUT2D eigenvalue weighted by molar-refractivity contribution is 5.90. The molecule has 3 aromatic rings. The highest BCUT2D eigenvalue weighted by atomic mass is 16.3. The van der Waals surface area contributed by atoms with E-state index in [-0.39, 0.29) is 12.1 Å². The van der Waals surface area contributed by atoms with Gasteiger partial charge in [0, 0.05) is 23.5 Å². The average Bonchev–Trinajstić information content (AvgIpc) is 2.91. The molecular weight excluding hydrogens is 288 g/mol. The van der Waals surface area contributed by atoms with Gasteiger partial charge in [0.2, 0.25) is 0 Å². The summed E-state index contributed by atoms with van der Waals surface area (Å²) in [4.78, 5) is 12.1. The van der Waals surface area contributed by atoms with Gasteiger partial charge in [-0.1, -0.05) is 36.4 Å². The first-order chi connectivity index (χ1) is 11.1. The Morgan fingerprint density at radius 2 is 1.87 bits per heavy atom. The summed E-state index contributed by atoms with van der Waals surface area (Å²) in [6.07, 6.45) is 0.649. The molecule has 0 radical (unpaired) electrons. The van der Waals surface area contributed by atoms with Gasteiger partial charge in [0.05, 0.1) is 0 Å². The number of furan rings is 1. The van der Waals surface area contributed by atoms with Gasteiger partial charge >= 0.3 is 6.03 Å². The number of hydrogen-bond donors (Lipinski definition) is 2. The molecule has 0 bridgehead atoms. The maximum absolute atomic E-state index is 12.1. The third-order valence-electron chi connectivity index (χ3n) is 3.75. The molecule has 1 aromatic heterocycles. The monoisotopic (exact) mass is 308 g/mol. The molecule has 118 valence electrons. The SMILES string of the molecule is Cc1ccccc1NC(=O)N[C@@H](C)Cc1cc2ccccc2o1. The van der Waals surface area contributed by atoms with Crippen molar-refractivity contribution in [3.63, 3.8) is 0 Å². The highest BCUT2D eigenvalue weighted by Gasteiger charge is 2.12. The number of rotatable bonds is 4. The second-order valence-electron chi connectivity index (χ2n) is 5.77. The van der Waals surface area contributed by atoms with Crippen molar-refractivity contribution in [2.75, 3.05) is 5.32 Å². The number of hydrogen-bond acceptors (Lipinski definition) is 2. The summed E-state index contributed by atoms with van der Waals surface area (Å²) in [6, 6.07) is 17.4. The van der Waals surface area contributed by atoms with Gasteiger partial charge in [-0.25, -0.2) is 4.79 Å². The van der Waals surface area contributed by atoms with Crippen molar-refractivity contribution in [2.24, 2.45) is 0 Å². The van der Waals surface area contributed by atoms with Gasteiger partial charge in [-0.3, -0.25) is 0 Å². The van der Waals surface area contributed by atoms with Crippen LogP contribution in [0.2, 0.25) is 0 Å². The van der Waals surface area contributed by atoms with Crippen LogP contribution < -0.4 is 10.6 Å². The Hall–Kier alpha value is -2.75. The van der Waals surface area contributed by atoms with E-state index in [0.29, 0.717) is 6.42 Å². The number of urea groups is 1. The van der Waals surface area contributed by atoms with Crippen molar-refractivity contribution >= 4 is 22.7 Å². The summed E-state index contributed by atoms with van der Waals surface area (Å²) in [6.45, 7) is 3.93. The maximum atomic E-state index is 12.1. The quantitative estimate of drug-likeness (QED) is 0.746. The Morgan fingerprint density at radius 1 is 1.13 bits per heavy atom. The largest absolute Gasteiger partial charge is 0.461 e. The molecule has 4 heteroatoms. The highest BCUT2D eigenvalue weighted by Crippen LogP contribution is 2.20. The van der Waals surface area contributed by atoms with Crippen LogP contribution >= 0.6 is 0 Å². The zero-order chi connectivity index (χ0) is 16.2. The van der Waals surface area contributed by atoms with Gasteiger partial charge < -0.3 is 15.1 Å². The lowest BCUT2D eigenvalue weighted by atomic mass is 10.2. The lowest BCUT2D eigenvalue weighted by molar-refractivity contribution is 0.249. The van der Waals surface area contributed by atoms with Crippen LogP contribution in [0.5, 0.6) is 0 Å². The molecule has 2 N–H and O–H groups in total. The van der Waals surface area contributed by atoms with Crippen LogP contribution in [-0.2, 0) is 6.42 Å². The molecule has 2 amide bonds. The molecule has 0 aliphatic heterocycles. The molecule has 1 atom stereocenters. The van der Waals surface area contributed by atoms with E-state index in [1.807, 2.05) is 68.4 Å². The molecule has 0 aliphatic carbocycles. The number of para-hydroxylation sites is 2. The molecule has 0 saturated heterocycles. The lowest BCUT2D eigenvalue weighted by Crippen LogP contribution is -2.37. The number of amides is 2. The summed E-state index contributed by atoms with van der Waals surface area (Å²) in [5.74, 6) is 0.870. The molecular formula is C19H20N2O2. The summed E-state index contributed by atoms with van der Waals surface area (Å²) in [7, 11) is 0. The molecule has 0 aliphatic rings. The zero-order valence-corrected chi connectivity index (χ0v) is 13.3. The molecule has 1 heterocycles. The standard InChI is InChI=1S/C19H20N2O2/c1-13-7-3-5-9-17(13)21-19(22)20-14(2)11-16-12-15-8-4-6-10-18(15)23-16/h3-10,12,14H,11H2,1-2H3,(H2,20,21,22)/t14-/m0/s1. The fraction of sp³-hybridized carbons (Fsp3) is 0.211. The van der Waals surface area contributed by atoms with Crippen LogP contribution in [0.4, 0.5) is 10.5 Å². The minimum atomic E-state index is -0.206. The normalized spacial score (nSPS) is 12.1. The Kier molecular flexibility index (Phi) is 4.33. The van der Waals surface area contributed by atoms with E-state index < -0.39 is 0 Å². The number of benzene rings is 2. The Morgan fingerprint density at radius 3 is 2.65 bits per heavy atom. The average molecular weight is 308 g/mol. The van der Waals surface area contributed by atoms with Crippen molar-refractivity contribution in [3.8, 4) is 0 Å². The zero-order valence-electron chi connectivity index (χ0n) is 13.3. The Bertz CT molecular complexity index is 790. The minimum absolute atomic E-state index is 0.0282. The first-order valence-electron chi connectivity index (χ1n) is 7.72. The number of nitrogens with one attached hydrogen (secondary N) is 2. The topological polar surface area (TPSA) is 54.3 Å². The van der Waals surface area contributed by atoms with E-state index in [4.69, 9.17) is 4.42 Å². The fourth-order valence-electron chi connectivity index (χ4n) is 2.59. The number of carbonyl (C=O) groups excluding carboxylic acids is 1. The van der Waals surface area contributed by atoms with E-state index in [2.05, 4.69) is 10.6 Å². The lowest BCUT2D eigenvalue weighted by Gasteiger charge is -2.14. The Balaban J connectivity index is 1.59. The Labute approximate surface area is 135 Å². The van der Waals surface area contributed by atoms with Crippen molar-refractivity contribution in [3.05, 3.63) is 65.9 Å². The van der Waals surface area contributed by atoms with Gasteiger partial charge in [-0.2, -0.15) is 0 Å². The third-order valence-corrected chi connectivity index (χ3v) is 3.75. The summed E-state index contributed by atoms with van der Waals surface area (Å²) < 4.78 is 5.79. The van der Waals surface area contributed by atoms with E-state index >= 15 is 0 Å². The number of anilines is 1. The second-order valence-corrected chi connectivity index (χ2v) is 5.77. The van der Waals surface area contributed by atoms with Gasteiger partial charge in [-0.05, 0) is 37.6 Å². The smallest absolute Gasteiger partial charge is 0.319 e. The molecule has 0 spiro atoms. The summed E-state index contributed by atoms with van der Waals surface area (Å²) >= 11 is 0. The maximum Gasteiger partial charge on any atom is 0.319 e. The van der Waals surface area contributed by atoms with E-state index in [1.54, 1.807) is 0 Å². The van der Waals surface area contributed by atoms with Gasteiger partial charge in [0.25, 0.3) is 0 Å². The van der Waals surface area contributed by atoms with Crippen LogP contribution in [0.3, 0.4) is 0 Å². The third kappa shape index (κ3) is 3.72. The first-order valence-corrected chi connectivity index (χ1v) is 7.72. The van der Waals surface area contributed by atoms with Gasteiger partial charge in [0.1, 0.15) is 11.3 Å². The van der Waals surface area contributed by atoms with Crippen LogP contribution in [0.15, 0.2) is 59.0 Å². The molecule has 0 fully saturated rings. The van der Waals surface area contributed by atoms with Gasteiger partial charge in [0.15, 0.2) is 0 Å². The second kappa shape index (κ2) is 6.57. The number of carbonyl (C=O) groups is 1. The summed E-state index contributed by atoms with van der Waals surface area (Å²) in [5.41, 5.74) is 2.73. The van der Waals surface area contributed by atoms with Crippen LogP contribution in [0.1, 0.15) is 18.2 Å². The van der Waals surface area contributed by atoms with E-state index in [1.165, 1.54) is 0 Å². The molecule has 2 aromatic carbocycles. The van der Waals surface area contributed by atoms with Gasteiger partial charge in [-0.15, -0.1) is 0 Å². The van der Waals surface area contributed by atoms with Crippen LogP contribution in [0, 0.1) is 6.92 Å². The van der Waals surface area contributed by atoms with Crippen molar-refractivity contribution in [1.29, 1.82) is 0 Å². The first kappa shape index (κ1) is 15.2. The number of fused-ring (bicyclic) bond motifs is 1. The number of aryl methyl sites for hydroxylation is 1. The fourth-order valence-corrected chi connectivity index (χ4v) is 2.59. The van der Waals surface area contributed by atoms with Crippen molar-refractivity contribution in [2.45, 2.75) is 26.3 Å². The van der Waals surface area contributed by atoms with Crippen molar-refractivity contribution in [1.82, 2.24) is 5.32 Å². The molecule has 3 rings (SSSR count). The van der Waals surface area contributed by atoms with Crippen LogP contribution in [0.25, 0.3) is 11.0 Å². The van der Waals surface area contributed by atoms with Crippen molar-refractivity contribution < 1.29 is 9.21 Å². The predicted octanol–water partition coefficient (Wildman–Crippen LogP) is 4.49. The predicted molar refractivity (Wildman–Crippen MR) is 92.7 cm³/mol. The molecule has 0 saturated carbocycles. The van der Waals surface area contributed by atoms with E-state index in [9.17, 15) is 4.79 Å².